The third-order valence-corrected chi connectivity index (χ3v) is 5.60. The number of hydrogen-bond donors (Lipinski definition) is 3. The molecule has 0 aromatic rings. The van der Waals surface area contributed by atoms with E-state index in [0.717, 1.165) is 51.3 Å². The van der Waals surface area contributed by atoms with Gasteiger partial charge in [0, 0.05) is 31.7 Å². The van der Waals surface area contributed by atoms with Gasteiger partial charge in [-0.05, 0) is 67.2 Å². The predicted octanol–water partition coefficient (Wildman–Crippen LogP) is 3.50. The molecular weight excluding hydrogens is 366 g/mol. The Labute approximate surface area is 178 Å². The number of carbonyl (C=O) groups excluding carboxylic acids is 1. The number of aliphatic imine (C=N–C) groups is 1. The van der Waals surface area contributed by atoms with E-state index in [1.165, 1.54) is 0 Å². The number of piperidine rings is 1. The van der Waals surface area contributed by atoms with E-state index in [2.05, 4.69) is 55.5 Å². The van der Waals surface area contributed by atoms with Crippen LogP contribution in [0, 0.1) is 0 Å². The van der Waals surface area contributed by atoms with E-state index >= 15 is 0 Å². The molecule has 1 fully saturated rings. The van der Waals surface area contributed by atoms with E-state index in [4.69, 9.17) is 9.73 Å². The van der Waals surface area contributed by atoms with Gasteiger partial charge in [-0.25, -0.2) is 4.79 Å². The minimum Gasteiger partial charge on any atom is -0.444 e. The summed E-state index contributed by atoms with van der Waals surface area (Å²) in [5, 5.41) is 10.0. The Morgan fingerprint density at radius 2 is 1.72 bits per heavy atom. The molecule has 1 aliphatic rings. The standard InChI is InChI=1S/C22H45N5O2/c1-9-22(10-2,26-20(28)29-21(6,7)8)16-24-19(23-11-3)25-18-12-14-27(15-13-18)17(4)5/h17-18H,9-16H2,1-8H3,(H,26,28)(H2,23,24,25). The zero-order valence-electron chi connectivity index (χ0n) is 20.0. The molecule has 0 saturated carbocycles. The van der Waals surface area contributed by atoms with Crippen LogP contribution < -0.4 is 16.0 Å². The lowest BCUT2D eigenvalue weighted by atomic mass is 9.93. The quantitative estimate of drug-likeness (QED) is 0.421. The lowest BCUT2D eigenvalue weighted by Crippen LogP contribution is -2.53. The van der Waals surface area contributed by atoms with Gasteiger partial charge in [0.25, 0.3) is 0 Å². The summed E-state index contributed by atoms with van der Waals surface area (Å²) in [6.45, 7) is 19.9. The molecule has 1 saturated heterocycles. The van der Waals surface area contributed by atoms with E-state index < -0.39 is 11.1 Å². The third-order valence-electron chi connectivity index (χ3n) is 5.60. The number of hydrogen-bond acceptors (Lipinski definition) is 4. The molecule has 0 atom stereocenters. The van der Waals surface area contributed by atoms with Gasteiger partial charge < -0.3 is 25.6 Å². The number of nitrogens with one attached hydrogen (secondary N) is 3. The van der Waals surface area contributed by atoms with Gasteiger partial charge in [0.15, 0.2) is 5.96 Å². The van der Waals surface area contributed by atoms with Crippen LogP contribution in [0.5, 0.6) is 0 Å². The van der Waals surface area contributed by atoms with E-state index in [0.29, 0.717) is 18.6 Å². The maximum absolute atomic E-state index is 12.3. The van der Waals surface area contributed by atoms with Gasteiger partial charge in [0.1, 0.15) is 5.60 Å². The summed E-state index contributed by atoms with van der Waals surface area (Å²) >= 11 is 0. The van der Waals surface area contributed by atoms with E-state index in [9.17, 15) is 4.79 Å². The second-order valence-electron chi connectivity index (χ2n) is 9.36. The molecule has 0 bridgehead atoms. The third kappa shape index (κ3) is 9.24. The average Bonchev–Trinajstić information content (AvgIpc) is 2.64. The predicted molar refractivity (Wildman–Crippen MR) is 122 cm³/mol. The summed E-state index contributed by atoms with van der Waals surface area (Å²) in [6, 6.07) is 1.03. The highest BCUT2D eigenvalue weighted by atomic mass is 16.6. The van der Waals surface area contributed by atoms with Gasteiger partial charge in [-0.3, -0.25) is 4.99 Å². The molecule has 170 valence electrons. The minimum atomic E-state index is -0.512. The highest BCUT2D eigenvalue weighted by Crippen LogP contribution is 2.18. The van der Waals surface area contributed by atoms with Crippen molar-refractivity contribution >= 4 is 12.1 Å². The summed E-state index contributed by atoms with van der Waals surface area (Å²) in [6.07, 6.45) is 3.43. The van der Waals surface area contributed by atoms with Crippen LogP contribution in [0.3, 0.4) is 0 Å². The summed E-state index contributed by atoms with van der Waals surface area (Å²) in [7, 11) is 0. The first-order chi connectivity index (χ1) is 13.5. The summed E-state index contributed by atoms with van der Waals surface area (Å²) < 4.78 is 5.47. The number of nitrogens with zero attached hydrogens (tertiary/aromatic N) is 2. The lowest BCUT2D eigenvalue weighted by molar-refractivity contribution is 0.0451. The van der Waals surface area contributed by atoms with Gasteiger partial charge in [-0.15, -0.1) is 0 Å². The molecule has 0 aromatic carbocycles. The Hall–Kier alpha value is -1.50. The Morgan fingerprint density at radius 1 is 1.14 bits per heavy atom. The summed E-state index contributed by atoms with van der Waals surface area (Å²) in [4.78, 5) is 19.7. The van der Waals surface area contributed by atoms with Gasteiger partial charge in [-0.1, -0.05) is 13.8 Å². The van der Waals surface area contributed by atoms with Gasteiger partial charge in [0.05, 0.1) is 12.1 Å². The van der Waals surface area contributed by atoms with Crippen molar-refractivity contribution in [3.05, 3.63) is 0 Å². The molecule has 0 spiro atoms. The summed E-state index contributed by atoms with van der Waals surface area (Å²) in [5.74, 6) is 0.827. The number of carbonyl (C=O) groups is 1. The molecular formula is C22H45N5O2. The largest absolute Gasteiger partial charge is 0.444 e. The van der Waals surface area contributed by atoms with Crippen LogP contribution in [-0.2, 0) is 4.74 Å². The Morgan fingerprint density at radius 3 is 2.17 bits per heavy atom. The van der Waals surface area contributed by atoms with Crippen LogP contribution >= 0.6 is 0 Å². The zero-order valence-corrected chi connectivity index (χ0v) is 20.0. The molecule has 7 nitrogen and oxygen atoms in total. The normalized spacial score (nSPS) is 17.3. The molecule has 0 unspecified atom stereocenters. The van der Waals surface area contributed by atoms with Crippen LogP contribution in [0.1, 0.15) is 81.1 Å². The van der Waals surface area contributed by atoms with Crippen LogP contribution in [-0.4, -0.2) is 66.4 Å². The molecule has 7 heteroatoms. The van der Waals surface area contributed by atoms with Crippen LogP contribution in [0.4, 0.5) is 4.79 Å². The lowest BCUT2D eigenvalue weighted by Gasteiger charge is -2.36. The van der Waals surface area contributed by atoms with Crippen molar-refractivity contribution in [2.45, 2.75) is 104 Å². The zero-order chi connectivity index (χ0) is 22.1. The molecule has 1 aliphatic heterocycles. The smallest absolute Gasteiger partial charge is 0.408 e. The van der Waals surface area contributed by atoms with Gasteiger partial charge >= 0.3 is 6.09 Å². The fourth-order valence-corrected chi connectivity index (χ4v) is 3.51. The van der Waals surface area contributed by atoms with Crippen molar-refractivity contribution in [3.8, 4) is 0 Å². The molecule has 0 radical (unpaired) electrons. The topological polar surface area (TPSA) is 78.0 Å². The Kier molecular flexibility index (Phi) is 10.2. The SMILES string of the molecule is CCNC(=NCC(CC)(CC)NC(=O)OC(C)(C)C)NC1CCN(C(C)C)CC1. The number of alkyl carbamates (subject to hydrolysis) is 1. The number of amides is 1. The van der Waals surface area contributed by atoms with Gasteiger partial charge in [-0.2, -0.15) is 0 Å². The maximum Gasteiger partial charge on any atom is 0.408 e. The van der Waals surface area contributed by atoms with Crippen LogP contribution in [0.2, 0.25) is 0 Å². The van der Waals surface area contributed by atoms with Crippen LogP contribution in [0.25, 0.3) is 0 Å². The summed E-state index contributed by atoms with van der Waals surface area (Å²) in [5.41, 5.74) is -0.923. The fourth-order valence-electron chi connectivity index (χ4n) is 3.51. The molecule has 0 aromatic heterocycles. The number of rotatable bonds is 8. The first-order valence-electron chi connectivity index (χ1n) is 11.3. The van der Waals surface area contributed by atoms with Gasteiger partial charge in [0.2, 0.25) is 0 Å². The van der Waals surface area contributed by atoms with Crippen molar-refractivity contribution in [3.63, 3.8) is 0 Å². The molecule has 1 amide bonds. The number of ether oxygens (including phenoxy) is 1. The molecule has 0 aliphatic carbocycles. The maximum atomic E-state index is 12.3. The second kappa shape index (κ2) is 11.6. The van der Waals surface area contributed by atoms with Crippen molar-refractivity contribution in [2.75, 3.05) is 26.2 Å². The number of likely N-dealkylation sites (tertiary alicyclic amines) is 1. The van der Waals surface area contributed by atoms with E-state index in [1.54, 1.807) is 0 Å². The molecule has 1 heterocycles. The molecule has 1 rings (SSSR count). The molecule has 3 N–H and O–H groups in total. The Balaban J connectivity index is 2.75. The van der Waals surface area contributed by atoms with Crippen molar-refractivity contribution < 1.29 is 9.53 Å². The van der Waals surface area contributed by atoms with Crippen LogP contribution in [0.15, 0.2) is 4.99 Å². The minimum absolute atomic E-state index is 0.379. The highest BCUT2D eigenvalue weighted by molar-refractivity contribution is 5.80. The molecule has 29 heavy (non-hydrogen) atoms. The average molecular weight is 412 g/mol. The number of guanidine groups is 1. The monoisotopic (exact) mass is 411 g/mol. The Bertz CT molecular complexity index is 516. The fraction of sp³-hybridized carbons (Fsp3) is 0.909. The van der Waals surface area contributed by atoms with E-state index in [-0.39, 0.29) is 6.09 Å². The second-order valence-corrected chi connectivity index (χ2v) is 9.36. The highest BCUT2D eigenvalue weighted by Gasteiger charge is 2.31. The van der Waals surface area contributed by atoms with E-state index in [1.807, 2.05) is 20.8 Å². The first kappa shape index (κ1) is 25.5. The van der Waals surface area contributed by atoms with Crippen molar-refractivity contribution in [1.82, 2.24) is 20.9 Å². The van der Waals surface area contributed by atoms with Crippen molar-refractivity contribution in [1.29, 1.82) is 0 Å². The first-order valence-corrected chi connectivity index (χ1v) is 11.3. The van der Waals surface area contributed by atoms with Crippen molar-refractivity contribution in [2.24, 2.45) is 4.99 Å².